The minimum atomic E-state index is -0.183. The van der Waals surface area contributed by atoms with Crippen LogP contribution in [0.25, 0.3) is 10.9 Å². The van der Waals surface area contributed by atoms with Crippen molar-refractivity contribution in [2.45, 2.75) is 5.33 Å². The summed E-state index contributed by atoms with van der Waals surface area (Å²) in [5, 5.41) is 1.03. The Hall–Kier alpha value is -1.36. The van der Waals surface area contributed by atoms with Gasteiger partial charge in [-0.3, -0.25) is 4.79 Å². The maximum Gasteiger partial charge on any atom is 0.294 e. The summed E-state index contributed by atoms with van der Waals surface area (Å²) >= 11 is 3.27. The second-order valence-corrected chi connectivity index (χ2v) is 3.52. The Balaban J connectivity index is 2.88. The fourth-order valence-corrected chi connectivity index (χ4v) is 1.79. The van der Waals surface area contributed by atoms with Gasteiger partial charge in [0, 0.05) is 0 Å². The molecule has 15 heavy (non-hydrogen) atoms. The van der Waals surface area contributed by atoms with Gasteiger partial charge in [0.25, 0.3) is 5.56 Å². The van der Waals surface area contributed by atoms with Gasteiger partial charge in [-0.25, -0.2) is 4.98 Å². The van der Waals surface area contributed by atoms with E-state index in [0.29, 0.717) is 22.1 Å². The summed E-state index contributed by atoms with van der Waals surface area (Å²) in [7, 11) is 1.45. The molecule has 2 rings (SSSR count). The number of rotatable bonds is 2. The lowest BCUT2D eigenvalue weighted by molar-refractivity contribution is 0.149. The molecule has 78 valence electrons. The molecule has 1 aromatic carbocycles. The second kappa shape index (κ2) is 4.02. The number of halogens is 1. The quantitative estimate of drug-likeness (QED) is 0.773. The molecule has 0 aliphatic rings. The lowest BCUT2D eigenvalue weighted by Crippen LogP contribution is -2.28. The third-order valence-electron chi connectivity index (χ3n) is 2.10. The smallest absolute Gasteiger partial charge is 0.294 e. The van der Waals surface area contributed by atoms with Crippen LogP contribution in [0.5, 0.6) is 0 Å². The maximum absolute atomic E-state index is 11.9. The van der Waals surface area contributed by atoms with Crippen LogP contribution < -0.4 is 10.4 Å². The third-order valence-corrected chi connectivity index (χ3v) is 2.61. The van der Waals surface area contributed by atoms with E-state index in [1.165, 1.54) is 11.8 Å². The van der Waals surface area contributed by atoms with E-state index in [9.17, 15) is 4.79 Å². The predicted octanol–water partition coefficient (Wildman–Crippen LogP) is 1.35. The minimum Gasteiger partial charge on any atom is -0.412 e. The first kappa shape index (κ1) is 10.2. The number of hydrogen-bond acceptors (Lipinski definition) is 3. The Kier molecular flexibility index (Phi) is 2.73. The summed E-state index contributed by atoms with van der Waals surface area (Å²) in [6.07, 6.45) is 0. The summed E-state index contributed by atoms with van der Waals surface area (Å²) in [6, 6.07) is 7.20. The molecule has 1 aromatic heterocycles. The highest BCUT2D eigenvalue weighted by molar-refractivity contribution is 9.08. The topological polar surface area (TPSA) is 44.1 Å². The molecular formula is C10H9BrN2O2. The highest BCUT2D eigenvalue weighted by Gasteiger charge is 2.09. The van der Waals surface area contributed by atoms with Gasteiger partial charge in [-0.2, -0.15) is 0 Å². The summed E-state index contributed by atoms with van der Waals surface area (Å²) in [5.41, 5.74) is 0.503. The van der Waals surface area contributed by atoms with Gasteiger partial charge in [0.1, 0.15) is 7.11 Å². The average molecular weight is 269 g/mol. The highest BCUT2D eigenvalue weighted by atomic mass is 79.9. The fraction of sp³-hybridized carbons (Fsp3) is 0.200. The van der Waals surface area contributed by atoms with E-state index in [1.807, 2.05) is 12.1 Å². The van der Waals surface area contributed by atoms with Crippen molar-refractivity contribution in [2.75, 3.05) is 7.11 Å². The minimum absolute atomic E-state index is 0.183. The van der Waals surface area contributed by atoms with Crippen molar-refractivity contribution in [2.24, 2.45) is 0 Å². The molecule has 0 saturated heterocycles. The van der Waals surface area contributed by atoms with Crippen molar-refractivity contribution in [3.63, 3.8) is 0 Å². The number of nitrogens with zero attached hydrogens (tertiary/aromatic N) is 2. The van der Waals surface area contributed by atoms with Crippen LogP contribution in [0.3, 0.4) is 0 Å². The fourth-order valence-electron chi connectivity index (χ4n) is 1.44. The van der Waals surface area contributed by atoms with E-state index in [2.05, 4.69) is 20.9 Å². The Morgan fingerprint density at radius 1 is 1.47 bits per heavy atom. The van der Waals surface area contributed by atoms with Crippen LogP contribution in [0.2, 0.25) is 0 Å². The van der Waals surface area contributed by atoms with E-state index in [1.54, 1.807) is 12.1 Å². The molecule has 2 aromatic rings. The lowest BCUT2D eigenvalue weighted by atomic mass is 10.2. The number of aromatic nitrogens is 2. The zero-order valence-electron chi connectivity index (χ0n) is 8.11. The first-order chi connectivity index (χ1) is 7.27. The second-order valence-electron chi connectivity index (χ2n) is 2.96. The van der Waals surface area contributed by atoms with Gasteiger partial charge in [0.2, 0.25) is 0 Å². The molecule has 0 aliphatic carbocycles. The lowest BCUT2D eigenvalue weighted by Gasteiger charge is -2.08. The van der Waals surface area contributed by atoms with Crippen molar-refractivity contribution in [3.8, 4) is 0 Å². The summed E-state index contributed by atoms with van der Waals surface area (Å²) in [6.45, 7) is 0. The van der Waals surface area contributed by atoms with Crippen LogP contribution >= 0.6 is 15.9 Å². The summed E-state index contributed by atoms with van der Waals surface area (Å²) in [4.78, 5) is 21.2. The molecule has 0 radical (unpaired) electrons. The van der Waals surface area contributed by atoms with Crippen LogP contribution in [-0.4, -0.2) is 16.8 Å². The van der Waals surface area contributed by atoms with Gasteiger partial charge >= 0.3 is 0 Å². The Bertz CT molecular complexity index is 551. The molecule has 0 fully saturated rings. The SMILES string of the molecule is COn1c(CBr)nc2ccccc2c1=O. The number of alkyl halides is 1. The molecule has 0 atom stereocenters. The van der Waals surface area contributed by atoms with Gasteiger partial charge in [-0.05, 0) is 12.1 Å². The van der Waals surface area contributed by atoms with Crippen LogP contribution in [0.1, 0.15) is 5.82 Å². The van der Waals surface area contributed by atoms with Crippen LogP contribution in [-0.2, 0) is 5.33 Å². The van der Waals surface area contributed by atoms with E-state index >= 15 is 0 Å². The first-order valence-electron chi connectivity index (χ1n) is 4.39. The number of para-hydroxylation sites is 1. The molecule has 0 spiro atoms. The summed E-state index contributed by atoms with van der Waals surface area (Å²) in [5.74, 6) is 0.557. The van der Waals surface area contributed by atoms with Crippen LogP contribution in [0.4, 0.5) is 0 Å². The molecule has 0 N–H and O–H groups in total. The molecule has 1 heterocycles. The van der Waals surface area contributed by atoms with E-state index < -0.39 is 0 Å². The zero-order valence-corrected chi connectivity index (χ0v) is 9.69. The molecule has 0 amide bonds. The van der Waals surface area contributed by atoms with Gasteiger partial charge in [0.05, 0.1) is 16.2 Å². The zero-order chi connectivity index (χ0) is 10.8. The van der Waals surface area contributed by atoms with Gasteiger partial charge in [0.15, 0.2) is 5.82 Å². The first-order valence-corrected chi connectivity index (χ1v) is 5.51. The predicted molar refractivity (Wildman–Crippen MR) is 61.1 cm³/mol. The number of fused-ring (bicyclic) bond motifs is 1. The standard InChI is InChI=1S/C10H9BrN2O2/c1-15-13-9(6-11)12-8-5-3-2-4-7(8)10(13)14/h2-5H,6H2,1H3. The highest BCUT2D eigenvalue weighted by Crippen LogP contribution is 2.08. The Labute approximate surface area is 94.6 Å². The van der Waals surface area contributed by atoms with E-state index in [-0.39, 0.29) is 5.56 Å². The average Bonchev–Trinajstić information content (AvgIpc) is 2.29. The largest absolute Gasteiger partial charge is 0.412 e. The van der Waals surface area contributed by atoms with Crippen LogP contribution in [0.15, 0.2) is 29.1 Å². The molecular weight excluding hydrogens is 260 g/mol. The van der Waals surface area contributed by atoms with Gasteiger partial charge in [-0.1, -0.05) is 28.1 Å². The van der Waals surface area contributed by atoms with Crippen LogP contribution in [0, 0.1) is 0 Å². The Morgan fingerprint density at radius 3 is 2.87 bits per heavy atom. The molecule has 4 nitrogen and oxygen atoms in total. The number of benzene rings is 1. The molecule has 0 aliphatic heterocycles. The van der Waals surface area contributed by atoms with Crippen molar-refractivity contribution >= 4 is 26.8 Å². The van der Waals surface area contributed by atoms with E-state index in [4.69, 9.17) is 4.84 Å². The van der Waals surface area contributed by atoms with Crippen molar-refractivity contribution in [3.05, 3.63) is 40.4 Å². The normalized spacial score (nSPS) is 10.5. The maximum atomic E-state index is 11.9. The van der Waals surface area contributed by atoms with Crippen molar-refractivity contribution < 1.29 is 4.84 Å². The Morgan fingerprint density at radius 2 is 2.20 bits per heavy atom. The molecule has 0 bridgehead atoms. The van der Waals surface area contributed by atoms with Crippen molar-refractivity contribution in [1.82, 2.24) is 9.71 Å². The third kappa shape index (κ3) is 1.63. The van der Waals surface area contributed by atoms with Gasteiger partial charge < -0.3 is 4.84 Å². The molecule has 0 saturated carbocycles. The van der Waals surface area contributed by atoms with Crippen molar-refractivity contribution in [1.29, 1.82) is 0 Å². The molecule has 0 unspecified atom stereocenters. The molecule has 5 heteroatoms. The summed E-state index contributed by atoms with van der Waals surface area (Å²) < 4.78 is 1.19. The van der Waals surface area contributed by atoms with E-state index in [0.717, 1.165) is 0 Å². The number of hydrogen-bond donors (Lipinski definition) is 0. The van der Waals surface area contributed by atoms with Gasteiger partial charge in [-0.15, -0.1) is 4.73 Å². The monoisotopic (exact) mass is 268 g/mol.